The predicted molar refractivity (Wildman–Crippen MR) is 55.8 cm³/mol. The second kappa shape index (κ2) is 5.45. The molecule has 0 N–H and O–H groups in total. The Morgan fingerprint density at radius 1 is 1.07 bits per heavy atom. The van der Waals surface area contributed by atoms with Crippen molar-refractivity contribution in [2.45, 2.75) is 12.2 Å². The summed E-state index contributed by atoms with van der Waals surface area (Å²) in [5.41, 5.74) is 0. The fourth-order valence-electron chi connectivity index (χ4n) is 1.08. The molecule has 0 amide bonds. The van der Waals surface area contributed by atoms with Gasteiger partial charge >= 0.3 is 11.4 Å². The maximum atomic E-state index is 10.9. The first-order valence-electron chi connectivity index (χ1n) is 3.85. The minimum absolute atomic E-state index is 0.258. The molecule has 5 nitrogen and oxygen atoms in total. The first-order valence-corrected chi connectivity index (χ1v) is 8.30. The van der Waals surface area contributed by atoms with Gasteiger partial charge in [0.25, 0.3) is 0 Å². The maximum absolute atomic E-state index is 10.9. The van der Waals surface area contributed by atoms with Gasteiger partial charge in [-0.05, 0) is 0 Å². The predicted octanol–water partition coefficient (Wildman–Crippen LogP) is -0.894. The number of rotatable bonds is 4. The van der Waals surface area contributed by atoms with Crippen LogP contribution in [-0.2, 0) is 41.3 Å². The lowest BCUT2D eigenvalue weighted by atomic mass is 10.3. The van der Waals surface area contributed by atoms with E-state index in [1.165, 1.54) is 12.5 Å². The second-order valence-corrected chi connectivity index (χ2v) is 6.71. The van der Waals surface area contributed by atoms with Gasteiger partial charge in [-0.25, -0.2) is 0 Å². The number of hydrogen-bond acceptors (Lipinski definition) is 5. The summed E-state index contributed by atoms with van der Waals surface area (Å²) in [6.07, 6.45) is 2.10. The van der Waals surface area contributed by atoms with Crippen LogP contribution in [0.1, 0.15) is 0 Å². The second-order valence-electron chi connectivity index (χ2n) is 2.95. The van der Waals surface area contributed by atoms with Crippen molar-refractivity contribution in [3.8, 4) is 0 Å². The van der Waals surface area contributed by atoms with Crippen molar-refractivity contribution < 1.29 is 21.0 Å². The lowest BCUT2D eigenvalue weighted by Crippen LogP contribution is -2.32. The molecule has 1 aliphatic rings. The van der Waals surface area contributed by atoms with Crippen LogP contribution in [0.25, 0.3) is 0 Å². The Morgan fingerprint density at radius 3 is 1.71 bits per heavy atom. The Morgan fingerprint density at radius 2 is 1.43 bits per heavy atom. The minimum atomic E-state index is -1.78. The van der Waals surface area contributed by atoms with Gasteiger partial charge in [0.1, 0.15) is 12.2 Å². The van der Waals surface area contributed by atoms with E-state index >= 15 is 0 Å². The van der Waals surface area contributed by atoms with E-state index < -0.39 is 45.2 Å². The standard InChI is InChI=1S/C6H12O5S3/c1-12(7)3-5-6(4-13(2)8)11-14(9)10-5/h5-6H,3-4H2,1-2H3. The van der Waals surface area contributed by atoms with E-state index in [0.29, 0.717) is 0 Å². The highest BCUT2D eigenvalue weighted by Crippen LogP contribution is 2.18. The molecule has 1 heterocycles. The molecule has 0 aromatic carbocycles. The summed E-state index contributed by atoms with van der Waals surface area (Å²) in [4.78, 5) is 0. The van der Waals surface area contributed by atoms with Crippen LogP contribution in [0, 0.1) is 0 Å². The zero-order chi connectivity index (χ0) is 10.7. The number of hydrogen-bond donors (Lipinski definition) is 0. The Balaban J connectivity index is 2.57. The minimum Gasteiger partial charge on any atom is -0.261 e. The fourth-order valence-corrected chi connectivity index (χ4v) is 3.58. The Kier molecular flexibility index (Phi) is 4.84. The molecular formula is C6H12O5S3. The van der Waals surface area contributed by atoms with Crippen molar-refractivity contribution in [2.24, 2.45) is 0 Å². The van der Waals surface area contributed by atoms with E-state index in [1.807, 2.05) is 0 Å². The van der Waals surface area contributed by atoms with Gasteiger partial charge in [-0.15, -0.1) is 0 Å². The summed E-state index contributed by atoms with van der Waals surface area (Å²) >= 11 is -1.78. The summed E-state index contributed by atoms with van der Waals surface area (Å²) in [7, 11) is -2.09. The monoisotopic (exact) mass is 260 g/mol. The Labute approximate surface area is 90.3 Å². The summed E-state index contributed by atoms with van der Waals surface area (Å²) < 4.78 is 42.6. The van der Waals surface area contributed by atoms with Crippen LogP contribution in [0.15, 0.2) is 0 Å². The summed E-state index contributed by atoms with van der Waals surface area (Å²) in [6, 6.07) is 0. The molecule has 1 rings (SSSR count). The first-order chi connectivity index (χ1) is 6.49. The smallest absolute Gasteiger partial charge is 0.261 e. The largest absolute Gasteiger partial charge is 0.305 e. The van der Waals surface area contributed by atoms with Crippen LogP contribution in [0.4, 0.5) is 0 Å². The molecule has 0 spiro atoms. The Hall–Kier alpha value is 0.370. The van der Waals surface area contributed by atoms with Crippen LogP contribution in [0.3, 0.4) is 0 Å². The van der Waals surface area contributed by atoms with Crippen molar-refractivity contribution in [3.63, 3.8) is 0 Å². The van der Waals surface area contributed by atoms with Crippen LogP contribution in [0.2, 0.25) is 0 Å². The molecule has 0 aromatic rings. The molecule has 0 bridgehead atoms. The average Bonchev–Trinajstić information content (AvgIpc) is 2.28. The SMILES string of the molecule is CS(=O)CC1OS(=O)OC1CS(C)=O. The normalized spacial score (nSPS) is 36.9. The van der Waals surface area contributed by atoms with E-state index in [0.717, 1.165) is 0 Å². The van der Waals surface area contributed by atoms with Crippen LogP contribution < -0.4 is 0 Å². The molecule has 0 radical (unpaired) electrons. The summed E-state index contributed by atoms with van der Waals surface area (Å²) in [6.45, 7) is 0. The molecule has 0 saturated carbocycles. The lowest BCUT2D eigenvalue weighted by molar-refractivity contribution is 0.193. The molecule has 1 aliphatic heterocycles. The van der Waals surface area contributed by atoms with Crippen molar-refractivity contribution in [1.29, 1.82) is 0 Å². The van der Waals surface area contributed by atoms with Gasteiger partial charge in [-0.3, -0.25) is 16.8 Å². The lowest BCUT2D eigenvalue weighted by Gasteiger charge is -2.11. The van der Waals surface area contributed by atoms with Gasteiger partial charge in [0, 0.05) is 34.1 Å². The molecular weight excluding hydrogens is 248 g/mol. The summed E-state index contributed by atoms with van der Waals surface area (Å²) in [5, 5.41) is 0. The van der Waals surface area contributed by atoms with Crippen LogP contribution >= 0.6 is 0 Å². The molecule has 8 heteroatoms. The molecule has 0 aromatic heterocycles. The van der Waals surface area contributed by atoms with Gasteiger partial charge in [0.15, 0.2) is 0 Å². The van der Waals surface area contributed by atoms with E-state index in [2.05, 4.69) is 0 Å². The van der Waals surface area contributed by atoms with Crippen LogP contribution in [-0.4, -0.2) is 48.9 Å². The van der Waals surface area contributed by atoms with Gasteiger partial charge in [0.05, 0.1) is 11.5 Å². The third-order valence-electron chi connectivity index (χ3n) is 1.62. The zero-order valence-corrected chi connectivity index (χ0v) is 10.3. The van der Waals surface area contributed by atoms with E-state index in [4.69, 9.17) is 8.37 Å². The highest BCUT2D eigenvalue weighted by atomic mass is 32.2. The zero-order valence-electron chi connectivity index (χ0n) is 7.83. The molecule has 0 aliphatic carbocycles. The van der Waals surface area contributed by atoms with E-state index in [1.54, 1.807) is 0 Å². The maximum Gasteiger partial charge on any atom is 0.305 e. The highest BCUT2D eigenvalue weighted by molar-refractivity contribution is 7.84. The third kappa shape index (κ3) is 3.85. The Bertz CT molecular complexity index is 253. The highest BCUT2D eigenvalue weighted by Gasteiger charge is 2.36. The topological polar surface area (TPSA) is 69.7 Å². The quantitative estimate of drug-likeness (QED) is 0.655. The van der Waals surface area contributed by atoms with Crippen molar-refractivity contribution in [2.75, 3.05) is 24.0 Å². The van der Waals surface area contributed by atoms with Crippen molar-refractivity contribution >= 4 is 33.0 Å². The fraction of sp³-hybridized carbons (Fsp3) is 1.00. The third-order valence-corrected chi connectivity index (χ3v) is 4.02. The average molecular weight is 260 g/mol. The molecule has 84 valence electrons. The van der Waals surface area contributed by atoms with Gasteiger partial charge in [0.2, 0.25) is 0 Å². The molecule has 4 unspecified atom stereocenters. The molecule has 1 saturated heterocycles. The molecule has 4 atom stereocenters. The molecule has 14 heavy (non-hydrogen) atoms. The first kappa shape index (κ1) is 12.4. The van der Waals surface area contributed by atoms with Crippen molar-refractivity contribution in [3.05, 3.63) is 0 Å². The van der Waals surface area contributed by atoms with E-state index in [9.17, 15) is 12.6 Å². The van der Waals surface area contributed by atoms with Gasteiger partial charge < -0.3 is 0 Å². The summed E-state index contributed by atoms with van der Waals surface area (Å²) in [5.74, 6) is 0.515. The molecule has 1 fully saturated rings. The van der Waals surface area contributed by atoms with Gasteiger partial charge in [-0.2, -0.15) is 4.21 Å². The van der Waals surface area contributed by atoms with Crippen molar-refractivity contribution in [1.82, 2.24) is 0 Å². The van der Waals surface area contributed by atoms with Crippen LogP contribution in [0.5, 0.6) is 0 Å². The van der Waals surface area contributed by atoms with Gasteiger partial charge in [-0.1, -0.05) is 0 Å². The van der Waals surface area contributed by atoms with E-state index in [-0.39, 0.29) is 11.5 Å².